The zero-order valence-corrected chi connectivity index (χ0v) is 55.9. The number of allylic oxidation sites excluding steroid dienone is 41. The van der Waals surface area contributed by atoms with Gasteiger partial charge in [-0.15, -0.1) is 0 Å². The predicted molar refractivity (Wildman–Crippen MR) is 368 cm³/mol. The SMILES string of the molecule is CC1=C(/C=C/C(C)=C/C=C/C(C)=C/C=C/C=C(C)/C=C/C=C(C)/C=C/C2=C(C)CC(O)(O)CC2(C)C)C(C)(C)CCC1.CC1=C[C@H](O)CC(C)(C)[C@H]1/C=C/C(C)=C/C=C/C(C)=C/C=C/C=C(C)/C=C/C=C(C)/C=C/C1=C(C)C[C@@H](O)CC1(C)C. The van der Waals surface area contributed by atoms with Crippen molar-refractivity contribution in [2.24, 2.45) is 27.6 Å². The monoisotopic (exact) mass is 1140 g/mol. The van der Waals surface area contributed by atoms with Gasteiger partial charge < -0.3 is 20.4 Å². The molecule has 0 bridgehead atoms. The van der Waals surface area contributed by atoms with Gasteiger partial charge in [-0.2, -0.15) is 0 Å². The number of aliphatic hydroxyl groups is 4. The third-order valence-electron chi connectivity index (χ3n) is 16.6. The van der Waals surface area contributed by atoms with Gasteiger partial charge in [0.25, 0.3) is 0 Å². The van der Waals surface area contributed by atoms with Crippen LogP contribution >= 0.6 is 0 Å². The van der Waals surface area contributed by atoms with Crippen LogP contribution in [0.5, 0.6) is 0 Å². The van der Waals surface area contributed by atoms with Crippen LogP contribution in [0.4, 0.5) is 0 Å². The lowest BCUT2D eigenvalue weighted by molar-refractivity contribution is -0.181. The summed E-state index contributed by atoms with van der Waals surface area (Å²) in [6, 6.07) is 0. The third-order valence-corrected chi connectivity index (χ3v) is 16.6. The van der Waals surface area contributed by atoms with Gasteiger partial charge in [0, 0.05) is 18.8 Å². The minimum atomic E-state index is -1.61. The van der Waals surface area contributed by atoms with Gasteiger partial charge in [-0.25, -0.2) is 0 Å². The first kappa shape index (κ1) is 72.4. The van der Waals surface area contributed by atoms with Crippen molar-refractivity contribution < 1.29 is 20.4 Å². The number of aliphatic hydroxyl groups excluding tert-OH is 2. The van der Waals surface area contributed by atoms with Crippen LogP contribution in [-0.2, 0) is 0 Å². The summed E-state index contributed by atoms with van der Waals surface area (Å²) in [6.45, 7) is 43.2. The predicted octanol–water partition coefficient (Wildman–Crippen LogP) is 21.3. The van der Waals surface area contributed by atoms with E-state index in [4.69, 9.17) is 0 Å². The highest BCUT2D eigenvalue weighted by Gasteiger charge is 2.40. The van der Waals surface area contributed by atoms with Gasteiger partial charge in [0.15, 0.2) is 5.79 Å². The normalized spacial score (nSPS) is 24.7. The fraction of sp³-hybridized carbons (Fsp3) is 0.450. The standard InChI is InChI=1S/2C40H56O2/c1-30(18-13-20-32(3)23-25-36-34(5)22-15-27-38(36,7)8)16-11-12-17-31(2)19-14-21-33(4)24-26-37-35(6)28-40(41,42)29-39(37,9)10;1-29(17-13-19-31(3)21-23-37-33(5)25-35(41)27-39(37,7)8)15-11-12-16-30(2)18-14-20-32(4)22-24-38-34(6)26-36(42)28-40(38,9)10/h11-14,16-21,23-26,41-42H,15,22,27-29H2,1-10H3;11-25,35-37,41-42H,26-28H2,1-10H3/b12-11+,18-13+,19-14+,25-23+,26-24+,30-16+,31-17+,32-20+,33-21+;12-11+,17-13+,18-14+,23-21+,24-22+,29-15+,30-16+,31-19+,32-20+/t;35-,36+,37-/m.0/s1. The molecule has 0 unspecified atom stereocenters. The first-order chi connectivity index (χ1) is 39.1. The van der Waals surface area contributed by atoms with E-state index in [1.165, 1.54) is 91.7 Å². The van der Waals surface area contributed by atoms with Gasteiger partial charge >= 0.3 is 0 Å². The molecule has 0 aromatic carbocycles. The van der Waals surface area contributed by atoms with E-state index in [-0.39, 0.29) is 33.9 Å². The van der Waals surface area contributed by atoms with Crippen LogP contribution in [-0.4, -0.2) is 38.4 Å². The van der Waals surface area contributed by atoms with Crippen molar-refractivity contribution >= 4 is 0 Å². The minimum absolute atomic E-state index is 0.00528. The molecule has 0 saturated carbocycles. The summed E-state index contributed by atoms with van der Waals surface area (Å²) >= 11 is 0. The lowest BCUT2D eigenvalue weighted by atomic mass is 9.67. The van der Waals surface area contributed by atoms with Gasteiger partial charge in [-0.05, 0) is 160 Å². The molecule has 4 nitrogen and oxygen atoms in total. The molecule has 0 amide bonds. The summed E-state index contributed by atoms with van der Waals surface area (Å²) in [4.78, 5) is 0. The summed E-state index contributed by atoms with van der Waals surface area (Å²) in [5.41, 5.74) is 18.8. The van der Waals surface area contributed by atoms with Crippen LogP contribution in [0.2, 0.25) is 0 Å². The summed E-state index contributed by atoms with van der Waals surface area (Å²) < 4.78 is 0. The van der Waals surface area contributed by atoms with Gasteiger partial charge in [0.05, 0.1) is 12.2 Å². The summed E-state index contributed by atoms with van der Waals surface area (Å²) in [7, 11) is 0. The largest absolute Gasteiger partial charge is 0.393 e. The Morgan fingerprint density at radius 2 is 0.810 bits per heavy atom. The molecule has 4 aliphatic rings. The first-order valence-corrected chi connectivity index (χ1v) is 30.9. The van der Waals surface area contributed by atoms with Crippen LogP contribution in [0.25, 0.3) is 0 Å². The molecule has 84 heavy (non-hydrogen) atoms. The third kappa shape index (κ3) is 26.2. The quantitative estimate of drug-likeness (QED) is 0.0556. The van der Waals surface area contributed by atoms with Gasteiger partial charge in [-0.3, -0.25) is 0 Å². The van der Waals surface area contributed by atoms with E-state index in [0.29, 0.717) is 18.8 Å². The van der Waals surface area contributed by atoms with E-state index >= 15 is 0 Å². The summed E-state index contributed by atoms with van der Waals surface area (Å²) in [5.74, 6) is -1.26. The second-order valence-electron chi connectivity index (χ2n) is 27.5. The molecule has 4 heteroatoms. The Kier molecular flexibility index (Phi) is 29.1. The van der Waals surface area contributed by atoms with Gasteiger partial charge in [-0.1, -0.05) is 298 Å². The summed E-state index contributed by atoms with van der Waals surface area (Å²) in [5, 5.41) is 40.4. The van der Waals surface area contributed by atoms with Crippen LogP contribution in [0.15, 0.2) is 260 Å². The lowest BCUT2D eigenvalue weighted by Crippen LogP contribution is -2.39. The maximum Gasteiger partial charge on any atom is 0.167 e. The molecule has 4 N–H and O–H groups in total. The molecule has 3 atom stereocenters. The molecule has 4 rings (SSSR count). The van der Waals surface area contributed by atoms with Crippen molar-refractivity contribution in [3.63, 3.8) is 0 Å². The molecule has 0 aromatic rings. The van der Waals surface area contributed by atoms with Crippen molar-refractivity contribution in [2.75, 3.05) is 0 Å². The van der Waals surface area contributed by atoms with Crippen molar-refractivity contribution in [2.45, 2.75) is 208 Å². The van der Waals surface area contributed by atoms with E-state index < -0.39 is 5.79 Å². The van der Waals surface area contributed by atoms with E-state index in [9.17, 15) is 20.4 Å². The van der Waals surface area contributed by atoms with E-state index in [2.05, 4.69) is 302 Å². The highest BCUT2D eigenvalue weighted by molar-refractivity contribution is 5.42. The Morgan fingerprint density at radius 1 is 0.440 bits per heavy atom. The average molecular weight is 1140 g/mol. The van der Waals surface area contributed by atoms with Gasteiger partial charge in [0.1, 0.15) is 0 Å². The van der Waals surface area contributed by atoms with Gasteiger partial charge in [0.2, 0.25) is 0 Å². The van der Waals surface area contributed by atoms with E-state index in [1.54, 1.807) is 0 Å². The Morgan fingerprint density at radius 3 is 1.19 bits per heavy atom. The van der Waals surface area contributed by atoms with E-state index in [1.807, 2.05) is 13.0 Å². The zero-order chi connectivity index (χ0) is 63.1. The molecular formula is C80H112O4. The Labute approximate surface area is 513 Å². The molecule has 0 saturated heterocycles. The van der Waals surface area contributed by atoms with Crippen LogP contribution in [0.3, 0.4) is 0 Å². The van der Waals surface area contributed by atoms with Crippen molar-refractivity contribution in [3.05, 3.63) is 260 Å². The minimum Gasteiger partial charge on any atom is -0.393 e. The highest BCUT2D eigenvalue weighted by Crippen LogP contribution is 2.46. The van der Waals surface area contributed by atoms with Crippen LogP contribution in [0, 0.1) is 27.6 Å². The molecule has 0 radical (unpaired) electrons. The van der Waals surface area contributed by atoms with Crippen LogP contribution in [0.1, 0.15) is 190 Å². The van der Waals surface area contributed by atoms with Crippen molar-refractivity contribution in [1.82, 2.24) is 0 Å². The Hall–Kier alpha value is -5.88. The number of rotatable bonds is 20. The maximum absolute atomic E-state index is 10.1. The summed E-state index contributed by atoms with van der Waals surface area (Å²) in [6.07, 6.45) is 68.1. The number of hydrogen-bond donors (Lipinski definition) is 4. The molecule has 0 aromatic heterocycles. The van der Waals surface area contributed by atoms with Crippen molar-refractivity contribution in [3.8, 4) is 0 Å². The molecular weight excluding hydrogens is 1020 g/mol. The maximum atomic E-state index is 10.1. The Balaban J connectivity index is 0.000000440. The molecule has 0 spiro atoms. The lowest BCUT2D eigenvalue weighted by Gasteiger charge is -2.40. The zero-order valence-electron chi connectivity index (χ0n) is 55.9. The molecule has 4 aliphatic carbocycles. The smallest absolute Gasteiger partial charge is 0.167 e. The molecule has 0 aliphatic heterocycles. The molecule has 0 heterocycles. The topological polar surface area (TPSA) is 80.9 Å². The fourth-order valence-corrected chi connectivity index (χ4v) is 12.3. The molecule has 456 valence electrons. The highest BCUT2D eigenvalue weighted by atomic mass is 16.5. The average Bonchev–Trinajstić information content (AvgIpc) is 3.55. The van der Waals surface area contributed by atoms with Crippen LogP contribution < -0.4 is 0 Å². The first-order valence-electron chi connectivity index (χ1n) is 30.9. The second-order valence-corrected chi connectivity index (χ2v) is 27.5. The van der Waals surface area contributed by atoms with Crippen molar-refractivity contribution in [1.29, 1.82) is 0 Å². The van der Waals surface area contributed by atoms with E-state index in [0.717, 1.165) is 30.4 Å². The number of hydrogen-bond acceptors (Lipinski definition) is 4. The fourth-order valence-electron chi connectivity index (χ4n) is 12.3. The second kappa shape index (κ2) is 33.7. The Bertz CT molecular complexity index is 2980. The molecule has 0 fully saturated rings.